The molecule has 0 aromatic heterocycles. The van der Waals surface area contributed by atoms with Gasteiger partial charge in [0.2, 0.25) is 0 Å². The number of likely N-dealkylation sites (tertiary alicyclic amines) is 1. The van der Waals surface area contributed by atoms with E-state index in [1.54, 1.807) is 0 Å². The molecule has 0 bridgehead atoms. The van der Waals surface area contributed by atoms with Crippen LogP contribution in [-0.2, 0) is 0 Å². The lowest BCUT2D eigenvalue weighted by Gasteiger charge is -2.32. The van der Waals surface area contributed by atoms with Gasteiger partial charge in [-0.2, -0.15) is 0 Å². The Labute approximate surface area is 104 Å². The summed E-state index contributed by atoms with van der Waals surface area (Å²) in [6, 6.07) is 1.41. The average Bonchev–Trinajstić information content (AvgIpc) is 2.34. The highest BCUT2D eigenvalue weighted by atomic mass is 15.1. The Morgan fingerprint density at radius 3 is 1.81 bits per heavy atom. The van der Waals surface area contributed by atoms with Crippen molar-refractivity contribution in [2.24, 2.45) is 0 Å². The van der Waals surface area contributed by atoms with Crippen LogP contribution in [0.1, 0.15) is 61.3 Å². The molecule has 100 valence electrons. The molecule has 0 radical (unpaired) electrons. The normalized spacial score (nSPS) is 17.2. The van der Waals surface area contributed by atoms with Crippen LogP contribution in [0.4, 0.5) is 0 Å². The number of nitrogens with zero attached hydrogens (tertiary/aromatic N) is 1. The minimum atomic E-state index is 0.642. The Bertz CT molecular complexity index is 116. The van der Waals surface area contributed by atoms with Crippen molar-refractivity contribution in [3.63, 3.8) is 0 Å². The van der Waals surface area contributed by atoms with Crippen LogP contribution in [-0.4, -0.2) is 36.6 Å². The third kappa shape index (κ3) is 9.17. The first-order valence-corrected chi connectivity index (χ1v) is 7.20. The van der Waals surface area contributed by atoms with Crippen LogP contribution in [0.2, 0.25) is 0 Å². The fraction of sp³-hybridized carbons (Fsp3) is 1.00. The molecule has 1 N–H and O–H groups in total. The van der Waals surface area contributed by atoms with E-state index in [9.17, 15) is 0 Å². The fourth-order valence-corrected chi connectivity index (χ4v) is 1.89. The predicted octanol–water partition coefficient (Wildman–Crippen LogP) is 3.52. The minimum absolute atomic E-state index is 0.642. The highest BCUT2D eigenvalue weighted by Crippen LogP contribution is 2.09. The summed E-state index contributed by atoms with van der Waals surface area (Å²) in [5, 5.41) is 3.60. The van der Waals surface area contributed by atoms with Crippen LogP contribution in [0.25, 0.3) is 0 Å². The topological polar surface area (TPSA) is 15.3 Å². The van der Waals surface area contributed by atoms with Crippen LogP contribution in [0.15, 0.2) is 0 Å². The standard InChI is InChI=1S/C10H22N2.2C2H6/c1-4-12-7-5-10(6-8-12)11-9(2)3;2*1-2/h9-11H,4-8H2,1-3H3;2*1-2H3. The van der Waals surface area contributed by atoms with Gasteiger partial charge in [0.1, 0.15) is 0 Å². The zero-order valence-electron chi connectivity index (χ0n) is 12.6. The van der Waals surface area contributed by atoms with Crippen LogP contribution >= 0.6 is 0 Å². The van der Waals surface area contributed by atoms with Gasteiger partial charge in [0.25, 0.3) is 0 Å². The largest absolute Gasteiger partial charge is 0.312 e. The summed E-state index contributed by atoms with van der Waals surface area (Å²) in [5.74, 6) is 0. The summed E-state index contributed by atoms with van der Waals surface area (Å²) in [5.41, 5.74) is 0. The van der Waals surface area contributed by atoms with E-state index in [4.69, 9.17) is 0 Å². The second-order valence-corrected chi connectivity index (χ2v) is 4.03. The molecule has 2 heteroatoms. The molecule has 2 nitrogen and oxygen atoms in total. The smallest absolute Gasteiger partial charge is 0.00937 e. The lowest BCUT2D eigenvalue weighted by Crippen LogP contribution is -2.44. The molecule has 0 atom stereocenters. The van der Waals surface area contributed by atoms with Crippen molar-refractivity contribution in [3.8, 4) is 0 Å². The van der Waals surface area contributed by atoms with E-state index in [1.807, 2.05) is 27.7 Å². The maximum absolute atomic E-state index is 3.60. The van der Waals surface area contributed by atoms with Gasteiger partial charge in [-0.3, -0.25) is 0 Å². The van der Waals surface area contributed by atoms with Gasteiger partial charge in [-0.1, -0.05) is 48.5 Å². The van der Waals surface area contributed by atoms with Crippen molar-refractivity contribution in [1.29, 1.82) is 0 Å². The third-order valence-corrected chi connectivity index (χ3v) is 2.60. The zero-order valence-corrected chi connectivity index (χ0v) is 12.6. The molecule has 0 aromatic rings. The van der Waals surface area contributed by atoms with Gasteiger partial charge in [-0.05, 0) is 32.5 Å². The van der Waals surface area contributed by atoms with Crippen molar-refractivity contribution >= 4 is 0 Å². The van der Waals surface area contributed by atoms with Gasteiger partial charge in [-0.25, -0.2) is 0 Å². The highest BCUT2D eigenvalue weighted by Gasteiger charge is 2.17. The fourth-order valence-electron chi connectivity index (χ4n) is 1.89. The van der Waals surface area contributed by atoms with Gasteiger partial charge >= 0.3 is 0 Å². The van der Waals surface area contributed by atoms with Crippen LogP contribution in [0, 0.1) is 0 Å². The zero-order chi connectivity index (χ0) is 13.0. The van der Waals surface area contributed by atoms with E-state index in [-0.39, 0.29) is 0 Å². The van der Waals surface area contributed by atoms with E-state index in [0.717, 1.165) is 6.04 Å². The van der Waals surface area contributed by atoms with Crippen molar-refractivity contribution in [2.75, 3.05) is 19.6 Å². The number of rotatable bonds is 3. The van der Waals surface area contributed by atoms with E-state index in [2.05, 4.69) is 31.0 Å². The molecule has 1 aliphatic heterocycles. The van der Waals surface area contributed by atoms with Crippen molar-refractivity contribution in [2.45, 2.75) is 73.4 Å². The Kier molecular flexibility index (Phi) is 14.8. The van der Waals surface area contributed by atoms with Gasteiger partial charge in [0, 0.05) is 12.1 Å². The Hall–Kier alpha value is -0.0800. The summed E-state index contributed by atoms with van der Waals surface area (Å²) in [6.45, 7) is 18.5. The summed E-state index contributed by atoms with van der Waals surface area (Å²) < 4.78 is 0. The summed E-state index contributed by atoms with van der Waals surface area (Å²) in [4.78, 5) is 2.53. The molecule has 0 saturated carbocycles. The third-order valence-electron chi connectivity index (χ3n) is 2.60. The van der Waals surface area contributed by atoms with Crippen molar-refractivity contribution < 1.29 is 0 Å². The molecule has 0 aromatic carbocycles. The predicted molar refractivity (Wildman–Crippen MR) is 76.1 cm³/mol. The van der Waals surface area contributed by atoms with Crippen LogP contribution in [0.3, 0.4) is 0 Å². The molecule has 0 unspecified atom stereocenters. The lowest BCUT2D eigenvalue weighted by molar-refractivity contribution is 0.201. The summed E-state index contributed by atoms with van der Waals surface area (Å²) >= 11 is 0. The number of hydrogen-bond donors (Lipinski definition) is 1. The van der Waals surface area contributed by atoms with E-state index < -0.39 is 0 Å². The van der Waals surface area contributed by atoms with Crippen LogP contribution in [0.5, 0.6) is 0 Å². The molecular formula is C14H34N2. The Balaban J connectivity index is 0. The second-order valence-electron chi connectivity index (χ2n) is 4.03. The highest BCUT2D eigenvalue weighted by molar-refractivity contribution is 4.77. The van der Waals surface area contributed by atoms with Gasteiger partial charge in [0.15, 0.2) is 0 Å². The molecule has 1 fully saturated rings. The van der Waals surface area contributed by atoms with Gasteiger partial charge < -0.3 is 10.2 Å². The Morgan fingerprint density at radius 2 is 1.50 bits per heavy atom. The lowest BCUT2D eigenvalue weighted by atomic mass is 10.0. The number of piperidine rings is 1. The second kappa shape index (κ2) is 13.0. The molecule has 1 heterocycles. The van der Waals surface area contributed by atoms with Crippen LogP contribution < -0.4 is 5.32 Å². The van der Waals surface area contributed by atoms with Crippen molar-refractivity contribution in [1.82, 2.24) is 10.2 Å². The molecule has 16 heavy (non-hydrogen) atoms. The monoisotopic (exact) mass is 230 g/mol. The van der Waals surface area contributed by atoms with E-state index in [1.165, 1.54) is 32.5 Å². The molecule has 0 spiro atoms. The molecular weight excluding hydrogens is 196 g/mol. The summed E-state index contributed by atoms with van der Waals surface area (Å²) in [6.07, 6.45) is 2.65. The van der Waals surface area contributed by atoms with E-state index >= 15 is 0 Å². The average molecular weight is 230 g/mol. The van der Waals surface area contributed by atoms with E-state index in [0.29, 0.717) is 6.04 Å². The van der Waals surface area contributed by atoms with Crippen molar-refractivity contribution in [3.05, 3.63) is 0 Å². The molecule has 0 aliphatic carbocycles. The maximum Gasteiger partial charge on any atom is 0.00937 e. The first-order valence-electron chi connectivity index (χ1n) is 7.20. The SMILES string of the molecule is CC.CC.CCN1CCC(NC(C)C)CC1. The van der Waals surface area contributed by atoms with Gasteiger partial charge in [0.05, 0.1) is 0 Å². The minimum Gasteiger partial charge on any atom is -0.312 e. The maximum atomic E-state index is 3.60. The number of nitrogens with one attached hydrogen (secondary N) is 1. The summed E-state index contributed by atoms with van der Waals surface area (Å²) in [7, 11) is 0. The first kappa shape index (κ1) is 18.3. The molecule has 0 amide bonds. The quantitative estimate of drug-likeness (QED) is 0.798. The van der Waals surface area contributed by atoms with Gasteiger partial charge in [-0.15, -0.1) is 0 Å². The number of hydrogen-bond acceptors (Lipinski definition) is 2. The molecule has 1 saturated heterocycles. The first-order chi connectivity index (χ1) is 7.72. The molecule has 1 rings (SSSR count). The molecule has 1 aliphatic rings. The Morgan fingerprint density at radius 1 is 1.06 bits per heavy atom.